The van der Waals surface area contributed by atoms with Crippen LogP contribution in [0.1, 0.15) is 35.7 Å². The molecule has 1 amide bonds. The first-order valence-corrected chi connectivity index (χ1v) is 8.57. The number of ketones is 1. The Hall–Kier alpha value is -3.55. The molecule has 2 heterocycles. The number of benzene rings is 1. The highest BCUT2D eigenvalue weighted by Crippen LogP contribution is 2.15. The van der Waals surface area contributed by atoms with Gasteiger partial charge in [0.15, 0.2) is 5.78 Å². The Morgan fingerprint density at radius 2 is 1.78 bits per heavy atom. The van der Waals surface area contributed by atoms with Crippen LogP contribution in [-0.4, -0.2) is 26.8 Å². The molecule has 3 rings (SSSR count). The van der Waals surface area contributed by atoms with Gasteiger partial charge < -0.3 is 4.52 Å². The van der Waals surface area contributed by atoms with Gasteiger partial charge in [0.1, 0.15) is 0 Å². The first kappa shape index (κ1) is 18.2. The second-order valence-corrected chi connectivity index (χ2v) is 5.81. The molecule has 0 saturated heterocycles. The molecule has 3 aromatic rings. The van der Waals surface area contributed by atoms with Gasteiger partial charge in [0.2, 0.25) is 11.7 Å². The first-order chi connectivity index (χ1) is 13.2. The topological polar surface area (TPSA) is 110 Å². The van der Waals surface area contributed by atoms with E-state index in [0.717, 1.165) is 12.0 Å². The number of hydrogen-bond acceptors (Lipinski definition) is 7. The molecular weight excluding hydrogens is 346 g/mol. The molecule has 0 fully saturated rings. The van der Waals surface area contributed by atoms with E-state index in [-0.39, 0.29) is 30.5 Å². The maximum atomic E-state index is 12.1. The van der Waals surface area contributed by atoms with Gasteiger partial charge >= 0.3 is 6.01 Å². The van der Waals surface area contributed by atoms with Crippen LogP contribution in [0.5, 0.6) is 0 Å². The molecule has 2 aromatic heterocycles. The SMILES string of the molecule is CCc1ccc(C(=O)CCC(=O)NNc2nc(-c3ccncc3)no2)cc1. The number of nitrogens with one attached hydrogen (secondary N) is 2. The Morgan fingerprint density at radius 1 is 1.04 bits per heavy atom. The van der Waals surface area contributed by atoms with Crippen LogP contribution in [0.15, 0.2) is 53.3 Å². The number of anilines is 1. The van der Waals surface area contributed by atoms with Crippen LogP contribution in [0.4, 0.5) is 6.01 Å². The average Bonchev–Trinajstić information content (AvgIpc) is 3.20. The molecule has 0 unspecified atom stereocenters. The standard InChI is InChI=1S/C19H19N5O3/c1-2-13-3-5-14(6-4-13)16(25)7-8-17(26)22-23-19-21-18(24-27-19)15-9-11-20-12-10-15/h3-6,9-12H,2,7-8H2,1H3,(H,22,26)(H,21,23,24). The minimum Gasteiger partial charge on any atom is -0.313 e. The van der Waals surface area contributed by atoms with Gasteiger partial charge in [-0.2, -0.15) is 4.98 Å². The zero-order chi connectivity index (χ0) is 19.1. The van der Waals surface area contributed by atoms with E-state index in [0.29, 0.717) is 11.4 Å². The molecule has 0 aliphatic heterocycles. The predicted octanol–water partition coefficient (Wildman–Crippen LogP) is 2.80. The van der Waals surface area contributed by atoms with E-state index in [9.17, 15) is 9.59 Å². The van der Waals surface area contributed by atoms with Crippen LogP contribution in [0, 0.1) is 0 Å². The summed E-state index contributed by atoms with van der Waals surface area (Å²) in [5.74, 6) is -0.0531. The summed E-state index contributed by atoms with van der Waals surface area (Å²) >= 11 is 0. The van der Waals surface area contributed by atoms with E-state index in [2.05, 4.69) is 32.9 Å². The lowest BCUT2D eigenvalue weighted by Crippen LogP contribution is -2.29. The van der Waals surface area contributed by atoms with Gasteiger partial charge in [0.05, 0.1) is 0 Å². The predicted molar refractivity (Wildman–Crippen MR) is 98.7 cm³/mol. The van der Waals surface area contributed by atoms with Crippen LogP contribution in [0.2, 0.25) is 0 Å². The number of pyridine rings is 1. The van der Waals surface area contributed by atoms with Crippen LogP contribution in [-0.2, 0) is 11.2 Å². The summed E-state index contributed by atoms with van der Waals surface area (Å²) in [5.41, 5.74) is 7.50. The van der Waals surface area contributed by atoms with Crippen LogP contribution < -0.4 is 10.9 Å². The Bertz CT molecular complexity index is 907. The normalized spacial score (nSPS) is 10.4. The lowest BCUT2D eigenvalue weighted by atomic mass is 10.0. The quantitative estimate of drug-likeness (QED) is 0.466. The van der Waals surface area contributed by atoms with Gasteiger partial charge in [-0.15, -0.1) is 0 Å². The molecule has 0 aliphatic carbocycles. The van der Waals surface area contributed by atoms with Gasteiger partial charge in [-0.1, -0.05) is 36.3 Å². The average molecular weight is 365 g/mol. The zero-order valence-corrected chi connectivity index (χ0v) is 14.8. The summed E-state index contributed by atoms with van der Waals surface area (Å²) in [4.78, 5) is 32.1. The molecule has 2 N–H and O–H groups in total. The van der Waals surface area contributed by atoms with Gasteiger partial charge in [-0.05, 0) is 24.1 Å². The highest BCUT2D eigenvalue weighted by Gasteiger charge is 2.11. The molecule has 27 heavy (non-hydrogen) atoms. The number of carbonyl (C=O) groups is 2. The Morgan fingerprint density at radius 3 is 2.48 bits per heavy atom. The zero-order valence-electron chi connectivity index (χ0n) is 14.8. The Labute approximate surface area is 156 Å². The third kappa shape index (κ3) is 4.97. The fourth-order valence-corrected chi connectivity index (χ4v) is 2.38. The van der Waals surface area contributed by atoms with E-state index < -0.39 is 0 Å². The number of carbonyl (C=O) groups excluding carboxylic acids is 2. The van der Waals surface area contributed by atoms with E-state index in [1.54, 1.807) is 36.7 Å². The van der Waals surface area contributed by atoms with E-state index in [1.165, 1.54) is 5.56 Å². The van der Waals surface area contributed by atoms with Crippen LogP contribution in [0.3, 0.4) is 0 Å². The number of hydrazine groups is 1. The van der Waals surface area contributed by atoms with E-state index in [4.69, 9.17) is 4.52 Å². The number of aryl methyl sites for hydroxylation is 1. The molecule has 0 atom stereocenters. The van der Waals surface area contributed by atoms with Crippen molar-refractivity contribution in [2.45, 2.75) is 26.2 Å². The number of aromatic nitrogens is 3. The third-order valence-electron chi connectivity index (χ3n) is 3.94. The number of hydrogen-bond donors (Lipinski definition) is 2. The Balaban J connectivity index is 1.45. The first-order valence-electron chi connectivity index (χ1n) is 8.57. The van der Waals surface area contributed by atoms with Crippen molar-refractivity contribution in [3.63, 3.8) is 0 Å². The van der Waals surface area contributed by atoms with E-state index in [1.807, 2.05) is 12.1 Å². The van der Waals surface area contributed by atoms with Gasteiger partial charge in [-0.3, -0.25) is 20.0 Å². The lowest BCUT2D eigenvalue weighted by Gasteiger charge is -2.05. The molecular formula is C19H19N5O3. The molecule has 0 radical (unpaired) electrons. The van der Waals surface area contributed by atoms with Gasteiger partial charge in [0, 0.05) is 36.4 Å². The van der Waals surface area contributed by atoms with Crippen molar-refractivity contribution in [1.82, 2.24) is 20.6 Å². The fourth-order valence-electron chi connectivity index (χ4n) is 2.38. The summed E-state index contributed by atoms with van der Waals surface area (Å²) in [6.45, 7) is 2.05. The maximum Gasteiger partial charge on any atom is 0.340 e. The van der Waals surface area contributed by atoms with Crippen molar-refractivity contribution in [2.24, 2.45) is 0 Å². The molecule has 8 nitrogen and oxygen atoms in total. The number of amides is 1. The monoisotopic (exact) mass is 365 g/mol. The second-order valence-electron chi connectivity index (χ2n) is 5.81. The second kappa shape index (κ2) is 8.70. The molecule has 138 valence electrons. The lowest BCUT2D eigenvalue weighted by molar-refractivity contribution is -0.120. The van der Waals surface area contributed by atoms with Gasteiger partial charge in [-0.25, -0.2) is 5.43 Å². The Kier molecular flexibility index (Phi) is 5.88. The van der Waals surface area contributed by atoms with Crippen LogP contribution in [0.25, 0.3) is 11.4 Å². The third-order valence-corrected chi connectivity index (χ3v) is 3.94. The molecule has 0 saturated carbocycles. The number of rotatable bonds is 8. The molecule has 0 spiro atoms. The summed E-state index contributed by atoms with van der Waals surface area (Å²) in [7, 11) is 0. The summed E-state index contributed by atoms with van der Waals surface area (Å²) in [5, 5.41) is 3.81. The smallest absolute Gasteiger partial charge is 0.313 e. The molecule has 1 aromatic carbocycles. The molecule has 0 aliphatic rings. The van der Waals surface area contributed by atoms with Crippen molar-refractivity contribution in [2.75, 3.05) is 5.43 Å². The van der Waals surface area contributed by atoms with Gasteiger partial charge in [0.25, 0.3) is 0 Å². The fraction of sp³-hybridized carbons (Fsp3) is 0.211. The summed E-state index contributed by atoms with van der Waals surface area (Å²) in [6.07, 6.45) is 4.32. The van der Waals surface area contributed by atoms with Crippen molar-refractivity contribution in [1.29, 1.82) is 0 Å². The maximum absolute atomic E-state index is 12.1. The largest absolute Gasteiger partial charge is 0.340 e. The van der Waals surface area contributed by atoms with Crippen molar-refractivity contribution < 1.29 is 14.1 Å². The van der Waals surface area contributed by atoms with Crippen molar-refractivity contribution in [3.05, 3.63) is 59.9 Å². The highest BCUT2D eigenvalue weighted by molar-refractivity contribution is 5.98. The molecule has 0 bridgehead atoms. The van der Waals surface area contributed by atoms with Crippen LogP contribution >= 0.6 is 0 Å². The number of Topliss-reactive ketones (excluding diaryl/α,β-unsaturated/α-hetero) is 1. The van der Waals surface area contributed by atoms with E-state index >= 15 is 0 Å². The minimum absolute atomic E-state index is 0.0483. The highest BCUT2D eigenvalue weighted by atomic mass is 16.5. The molecule has 8 heteroatoms. The number of nitrogens with zero attached hydrogens (tertiary/aromatic N) is 3. The van der Waals surface area contributed by atoms with Crippen molar-refractivity contribution >= 4 is 17.7 Å². The van der Waals surface area contributed by atoms with Crippen molar-refractivity contribution in [3.8, 4) is 11.4 Å². The summed E-state index contributed by atoms with van der Waals surface area (Å²) < 4.78 is 5.01. The summed E-state index contributed by atoms with van der Waals surface area (Å²) in [6, 6.07) is 11.0. The minimum atomic E-state index is -0.350.